The monoisotopic (exact) mass is 412 g/mol. The summed E-state index contributed by atoms with van der Waals surface area (Å²) in [5.41, 5.74) is 1.41. The zero-order chi connectivity index (χ0) is 19.8. The van der Waals surface area contributed by atoms with E-state index in [1.54, 1.807) is 0 Å². The minimum Gasteiger partial charge on any atom is -0.368 e. The molecule has 5 rings (SSSR count). The molecular weight excluding hydrogens is 380 g/mol. The number of rotatable bonds is 4. The van der Waals surface area contributed by atoms with Crippen LogP contribution in [0.1, 0.15) is 19.8 Å². The molecule has 3 aliphatic rings. The van der Waals surface area contributed by atoms with Crippen LogP contribution in [0.5, 0.6) is 0 Å². The first-order chi connectivity index (χ1) is 14.2. The number of likely N-dealkylation sites (tertiary alicyclic amines) is 1. The van der Waals surface area contributed by atoms with Gasteiger partial charge in [0.2, 0.25) is 0 Å². The molecule has 1 N–H and O–H groups in total. The van der Waals surface area contributed by atoms with Crippen LogP contribution >= 0.6 is 11.3 Å². The van der Waals surface area contributed by atoms with Crippen LogP contribution in [0.3, 0.4) is 0 Å². The SMILES string of the molecule is CCNC(=O)N1CC2CC(CN3CCN(c4cccc5sccc45)CC3)CC2C1. The Morgan fingerprint density at radius 1 is 1.10 bits per heavy atom. The van der Waals surface area contributed by atoms with Gasteiger partial charge in [-0.15, -0.1) is 11.3 Å². The van der Waals surface area contributed by atoms with Crippen molar-refractivity contribution < 1.29 is 4.79 Å². The molecule has 0 spiro atoms. The number of thiophene rings is 1. The number of carbonyl (C=O) groups excluding carboxylic acids is 1. The van der Waals surface area contributed by atoms with Gasteiger partial charge >= 0.3 is 6.03 Å². The molecule has 1 aromatic heterocycles. The highest BCUT2D eigenvalue weighted by molar-refractivity contribution is 7.17. The van der Waals surface area contributed by atoms with Gasteiger partial charge in [-0.3, -0.25) is 4.90 Å². The second kappa shape index (κ2) is 8.15. The lowest BCUT2D eigenvalue weighted by Gasteiger charge is -2.37. The first-order valence-electron chi connectivity index (χ1n) is 11.2. The number of hydrogen-bond donors (Lipinski definition) is 1. The van der Waals surface area contributed by atoms with Crippen LogP contribution in [-0.2, 0) is 0 Å². The Morgan fingerprint density at radius 2 is 1.86 bits per heavy atom. The summed E-state index contributed by atoms with van der Waals surface area (Å²) in [4.78, 5) is 19.4. The topological polar surface area (TPSA) is 38.8 Å². The van der Waals surface area contributed by atoms with Crippen LogP contribution in [0.25, 0.3) is 10.1 Å². The Labute approximate surface area is 177 Å². The normalized spacial score (nSPS) is 27.6. The first kappa shape index (κ1) is 19.2. The summed E-state index contributed by atoms with van der Waals surface area (Å²) in [7, 11) is 0. The fourth-order valence-corrected chi connectivity index (χ4v) is 6.60. The molecule has 156 valence electrons. The highest BCUT2D eigenvalue weighted by atomic mass is 32.1. The first-order valence-corrected chi connectivity index (χ1v) is 12.1. The molecule has 2 aliphatic heterocycles. The second-order valence-electron chi connectivity index (χ2n) is 9.00. The zero-order valence-corrected chi connectivity index (χ0v) is 18.2. The van der Waals surface area contributed by atoms with Crippen molar-refractivity contribution in [3.05, 3.63) is 29.6 Å². The third-order valence-electron chi connectivity index (χ3n) is 7.17. The van der Waals surface area contributed by atoms with Gasteiger partial charge in [-0.05, 0) is 61.1 Å². The average molecular weight is 413 g/mol. The summed E-state index contributed by atoms with van der Waals surface area (Å²) in [5, 5.41) is 6.57. The molecule has 5 nitrogen and oxygen atoms in total. The van der Waals surface area contributed by atoms with E-state index < -0.39 is 0 Å². The molecule has 0 bridgehead atoms. The lowest BCUT2D eigenvalue weighted by molar-refractivity contribution is 0.195. The van der Waals surface area contributed by atoms with Gasteiger partial charge in [-0.2, -0.15) is 0 Å². The second-order valence-corrected chi connectivity index (χ2v) is 9.94. The molecule has 2 unspecified atom stereocenters. The van der Waals surface area contributed by atoms with Gasteiger partial charge in [0, 0.05) is 68.1 Å². The molecule has 2 aromatic rings. The van der Waals surface area contributed by atoms with E-state index in [0.717, 1.165) is 63.6 Å². The van der Waals surface area contributed by atoms with Gasteiger partial charge in [0.1, 0.15) is 0 Å². The van der Waals surface area contributed by atoms with Crippen molar-refractivity contribution in [2.75, 3.05) is 57.3 Å². The molecule has 6 heteroatoms. The molecule has 2 amide bonds. The smallest absolute Gasteiger partial charge is 0.317 e. The number of urea groups is 1. The quantitative estimate of drug-likeness (QED) is 0.832. The van der Waals surface area contributed by atoms with Crippen LogP contribution in [0.4, 0.5) is 10.5 Å². The number of amides is 2. The Morgan fingerprint density at radius 3 is 2.59 bits per heavy atom. The van der Waals surface area contributed by atoms with Crippen LogP contribution in [-0.4, -0.2) is 68.2 Å². The van der Waals surface area contributed by atoms with E-state index in [1.165, 1.54) is 35.2 Å². The highest BCUT2D eigenvalue weighted by Crippen LogP contribution is 2.42. The Bertz CT molecular complexity index is 845. The van der Waals surface area contributed by atoms with E-state index in [1.807, 2.05) is 23.2 Å². The number of anilines is 1. The van der Waals surface area contributed by atoms with E-state index in [-0.39, 0.29) is 6.03 Å². The number of hydrogen-bond acceptors (Lipinski definition) is 4. The van der Waals surface area contributed by atoms with E-state index in [9.17, 15) is 4.79 Å². The number of nitrogens with zero attached hydrogens (tertiary/aromatic N) is 3. The van der Waals surface area contributed by atoms with Crippen molar-refractivity contribution in [3.8, 4) is 0 Å². The Balaban J connectivity index is 1.11. The fourth-order valence-electron chi connectivity index (χ4n) is 5.79. The van der Waals surface area contributed by atoms with Crippen LogP contribution < -0.4 is 10.2 Å². The maximum absolute atomic E-state index is 12.1. The summed E-state index contributed by atoms with van der Waals surface area (Å²) >= 11 is 1.83. The summed E-state index contributed by atoms with van der Waals surface area (Å²) in [5.74, 6) is 2.26. The highest BCUT2D eigenvalue weighted by Gasteiger charge is 2.42. The average Bonchev–Trinajstić information content (AvgIpc) is 3.43. The van der Waals surface area contributed by atoms with E-state index in [2.05, 4.69) is 44.8 Å². The van der Waals surface area contributed by atoms with Crippen LogP contribution in [0.2, 0.25) is 0 Å². The predicted molar refractivity (Wildman–Crippen MR) is 121 cm³/mol. The van der Waals surface area contributed by atoms with Gasteiger partial charge in [-0.1, -0.05) is 6.07 Å². The predicted octanol–water partition coefficient (Wildman–Crippen LogP) is 3.71. The lowest BCUT2D eigenvalue weighted by atomic mass is 10.0. The van der Waals surface area contributed by atoms with Gasteiger partial charge < -0.3 is 15.1 Å². The third kappa shape index (κ3) is 3.84. The molecule has 3 heterocycles. The number of benzene rings is 1. The number of nitrogens with one attached hydrogen (secondary N) is 1. The molecule has 29 heavy (non-hydrogen) atoms. The van der Waals surface area contributed by atoms with Gasteiger partial charge in [0.05, 0.1) is 0 Å². The van der Waals surface area contributed by atoms with E-state index in [4.69, 9.17) is 0 Å². The van der Waals surface area contributed by atoms with Gasteiger partial charge in [0.15, 0.2) is 0 Å². The van der Waals surface area contributed by atoms with Crippen molar-refractivity contribution >= 4 is 33.1 Å². The number of piperazine rings is 1. The minimum atomic E-state index is 0.134. The summed E-state index contributed by atoms with van der Waals surface area (Å²) in [6.07, 6.45) is 2.60. The van der Waals surface area contributed by atoms with Gasteiger partial charge in [-0.25, -0.2) is 4.79 Å². The van der Waals surface area contributed by atoms with Gasteiger partial charge in [0.25, 0.3) is 0 Å². The maximum atomic E-state index is 12.1. The number of fused-ring (bicyclic) bond motifs is 2. The summed E-state index contributed by atoms with van der Waals surface area (Å²) < 4.78 is 1.39. The van der Waals surface area contributed by atoms with Crippen molar-refractivity contribution in [2.24, 2.45) is 17.8 Å². The Hall–Kier alpha value is -1.79. The lowest BCUT2D eigenvalue weighted by Crippen LogP contribution is -2.47. The fraction of sp³-hybridized carbons (Fsp3) is 0.609. The molecule has 0 radical (unpaired) electrons. The molecule has 1 saturated carbocycles. The van der Waals surface area contributed by atoms with Crippen molar-refractivity contribution in [2.45, 2.75) is 19.8 Å². The maximum Gasteiger partial charge on any atom is 0.317 e. The summed E-state index contributed by atoms with van der Waals surface area (Å²) in [6, 6.07) is 9.10. The van der Waals surface area contributed by atoms with Crippen molar-refractivity contribution in [1.82, 2.24) is 15.1 Å². The molecule has 2 saturated heterocycles. The Kier molecular flexibility index (Phi) is 5.39. The minimum absolute atomic E-state index is 0.134. The third-order valence-corrected chi connectivity index (χ3v) is 8.05. The van der Waals surface area contributed by atoms with Crippen LogP contribution in [0, 0.1) is 17.8 Å². The zero-order valence-electron chi connectivity index (χ0n) is 17.3. The van der Waals surface area contributed by atoms with Crippen LogP contribution in [0.15, 0.2) is 29.6 Å². The number of carbonyl (C=O) groups is 1. The van der Waals surface area contributed by atoms with Crippen molar-refractivity contribution in [1.29, 1.82) is 0 Å². The summed E-state index contributed by atoms with van der Waals surface area (Å²) in [6.45, 7) is 10.5. The van der Waals surface area contributed by atoms with E-state index >= 15 is 0 Å². The standard InChI is InChI=1S/C23H32N4OS/c1-2-24-23(28)27-15-18-12-17(13-19(18)16-27)14-25-7-9-26(10-8-25)21-4-3-5-22-20(21)6-11-29-22/h3-6,11,17-19H,2,7-10,12-16H2,1H3,(H,24,28). The van der Waals surface area contributed by atoms with Crippen molar-refractivity contribution in [3.63, 3.8) is 0 Å². The largest absolute Gasteiger partial charge is 0.368 e. The molecule has 1 aliphatic carbocycles. The molecule has 1 aromatic carbocycles. The molecule has 3 fully saturated rings. The molecule has 2 atom stereocenters. The molecular formula is C23H32N4OS. The van der Waals surface area contributed by atoms with E-state index in [0.29, 0.717) is 0 Å².